The fraction of sp³-hybridized carbons (Fsp3) is 0.455. The van der Waals surface area contributed by atoms with Gasteiger partial charge in [-0.1, -0.05) is 27.5 Å². The first-order valence-corrected chi connectivity index (χ1v) is 6.31. The number of rotatable bonds is 3. The van der Waals surface area contributed by atoms with Crippen LogP contribution in [-0.4, -0.2) is 19.1 Å². The molecule has 0 amide bonds. The molecule has 1 unspecified atom stereocenters. The van der Waals surface area contributed by atoms with E-state index in [-0.39, 0.29) is 0 Å². The molecule has 0 saturated carbocycles. The highest BCUT2D eigenvalue weighted by Gasteiger charge is 2.13. The Balaban J connectivity index is 1.94. The van der Waals surface area contributed by atoms with Gasteiger partial charge in [0.05, 0.1) is 0 Å². The van der Waals surface area contributed by atoms with E-state index in [1.54, 1.807) is 0 Å². The van der Waals surface area contributed by atoms with Gasteiger partial charge in [0.25, 0.3) is 0 Å². The van der Waals surface area contributed by atoms with E-state index < -0.39 is 0 Å². The minimum absolute atomic E-state index is 0.583. The standard InChI is InChI=1S/C11H14BrClN2/c12-9-1-2-11(13)8(5-9)6-15-10-3-4-14-7-10/h1-2,5,10,14-15H,3-4,6-7H2. The Morgan fingerprint density at radius 2 is 2.40 bits per heavy atom. The SMILES string of the molecule is Clc1ccc(Br)cc1CNC1CCNC1. The van der Waals surface area contributed by atoms with Gasteiger partial charge in [0.1, 0.15) is 0 Å². The van der Waals surface area contributed by atoms with E-state index in [4.69, 9.17) is 11.6 Å². The van der Waals surface area contributed by atoms with E-state index in [1.165, 1.54) is 6.42 Å². The predicted octanol–water partition coefficient (Wildman–Crippen LogP) is 2.55. The summed E-state index contributed by atoms with van der Waals surface area (Å²) < 4.78 is 1.08. The van der Waals surface area contributed by atoms with Gasteiger partial charge in [-0.25, -0.2) is 0 Å². The zero-order chi connectivity index (χ0) is 10.7. The quantitative estimate of drug-likeness (QED) is 0.894. The monoisotopic (exact) mass is 288 g/mol. The lowest BCUT2D eigenvalue weighted by molar-refractivity contribution is 0.547. The van der Waals surface area contributed by atoms with Gasteiger partial charge < -0.3 is 10.6 Å². The molecule has 1 fully saturated rings. The van der Waals surface area contributed by atoms with Crippen LogP contribution in [-0.2, 0) is 6.54 Å². The van der Waals surface area contributed by atoms with Gasteiger partial charge in [0.2, 0.25) is 0 Å². The Morgan fingerprint density at radius 1 is 1.53 bits per heavy atom. The lowest BCUT2D eigenvalue weighted by Gasteiger charge is -2.12. The van der Waals surface area contributed by atoms with E-state index in [0.29, 0.717) is 6.04 Å². The molecular formula is C11H14BrClN2. The lowest BCUT2D eigenvalue weighted by atomic mass is 10.2. The third kappa shape index (κ3) is 3.18. The molecule has 1 atom stereocenters. The minimum Gasteiger partial charge on any atom is -0.315 e. The zero-order valence-corrected chi connectivity index (χ0v) is 10.7. The molecule has 0 aliphatic carbocycles. The molecule has 2 N–H and O–H groups in total. The Hall–Kier alpha value is -0.0900. The van der Waals surface area contributed by atoms with Crippen LogP contribution in [0.4, 0.5) is 0 Å². The Kier molecular flexibility index (Phi) is 4.03. The van der Waals surface area contributed by atoms with Crippen LogP contribution in [0, 0.1) is 0 Å². The van der Waals surface area contributed by atoms with Crippen molar-refractivity contribution in [3.8, 4) is 0 Å². The predicted molar refractivity (Wildman–Crippen MR) is 67.3 cm³/mol. The van der Waals surface area contributed by atoms with Crippen molar-refractivity contribution in [3.05, 3.63) is 33.3 Å². The molecule has 1 heterocycles. The highest BCUT2D eigenvalue weighted by Crippen LogP contribution is 2.21. The van der Waals surface area contributed by atoms with Crippen molar-refractivity contribution in [3.63, 3.8) is 0 Å². The second kappa shape index (κ2) is 5.30. The van der Waals surface area contributed by atoms with Gasteiger partial charge in [-0.15, -0.1) is 0 Å². The fourth-order valence-electron chi connectivity index (χ4n) is 1.76. The van der Waals surface area contributed by atoms with Crippen molar-refractivity contribution in [2.24, 2.45) is 0 Å². The normalized spacial score (nSPS) is 20.8. The molecule has 1 aliphatic rings. The molecule has 0 aromatic heterocycles. The van der Waals surface area contributed by atoms with Crippen molar-refractivity contribution in [1.29, 1.82) is 0 Å². The van der Waals surface area contributed by atoms with Crippen molar-refractivity contribution in [2.45, 2.75) is 19.0 Å². The first-order valence-electron chi connectivity index (χ1n) is 5.14. The summed E-state index contributed by atoms with van der Waals surface area (Å²) in [6.07, 6.45) is 1.20. The summed E-state index contributed by atoms with van der Waals surface area (Å²) in [4.78, 5) is 0. The molecule has 82 valence electrons. The van der Waals surface area contributed by atoms with Crippen LogP contribution >= 0.6 is 27.5 Å². The Morgan fingerprint density at radius 3 is 3.13 bits per heavy atom. The van der Waals surface area contributed by atoms with Crippen LogP contribution in [0.1, 0.15) is 12.0 Å². The van der Waals surface area contributed by atoms with Gasteiger partial charge >= 0.3 is 0 Å². The number of hydrogen-bond acceptors (Lipinski definition) is 2. The minimum atomic E-state index is 0.583. The number of benzene rings is 1. The maximum atomic E-state index is 6.11. The average molecular weight is 290 g/mol. The summed E-state index contributed by atoms with van der Waals surface area (Å²) in [5.41, 5.74) is 1.15. The highest BCUT2D eigenvalue weighted by atomic mass is 79.9. The molecule has 15 heavy (non-hydrogen) atoms. The van der Waals surface area contributed by atoms with Crippen LogP contribution in [0.2, 0.25) is 5.02 Å². The molecule has 1 aliphatic heterocycles. The first-order chi connectivity index (χ1) is 7.25. The number of halogens is 2. The third-order valence-electron chi connectivity index (χ3n) is 2.65. The van der Waals surface area contributed by atoms with Crippen LogP contribution in [0.25, 0.3) is 0 Å². The summed E-state index contributed by atoms with van der Waals surface area (Å²) in [5, 5.41) is 7.66. The van der Waals surface area contributed by atoms with Crippen molar-refractivity contribution >= 4 is 27.5 Å². The molecule has 0 bridgehead atoms. The maximum Gasteiger partial charge on any atom is 0.0451 e. The highest BCUT2D eigenvalue weighted by molar-refractivity contribution is 9.10. The van der Waals surface area contributed by atoms with Crippen LogP contribution in [0.15, 0.2) is 22.7 Å². The zero-order valence-electron chi connectivity index (χ0n) is 8.39. The smallest absolute Gasteiger partial charge is 0.0451 e. The van der Waals surface area contributed by atoms with Crippen LogP contribution in [0.5, 0.6) is 0 Å². The average Bonchev–Trinajstić information content (AvgIpc) is 2.72. The van der Waals surface area contributed by atoms with E-state index in [9.17, 15) is 0 Å². The second-order valence-electron chi connectivity index (χ2n) is 3.81. The summed E-state index contributed by atoms with van der Waals surface area (Å²) in [7, 11) is 0. The number of nitrogens with one attached hydrogen (secondary N) is 2. The first kappa shape index (κ1) is 11.4. The summed E-state index contributed by atoms with van der Waals surface area (Å²) in [6.45, 7) is 3.01. The second-order valence-corrected chi connectivity index (χ2v) is 5.13. The summed E-state index contributed by atoms with van der Waals surface area (Å²) >= 11 is 9.56. The summed E-state index contributed by atoms with van der Waals surface area (Å²) in [6, 6.07) is 6.54. The van der Waals surface area contributed by atoms with E-state index in [1.807, 2.05) is 12.1 Å². The Labute approximate surface area is 104 Å². The molecule has 0 radical (unpaired) electrons. The van der Waals surface area contributed by atoms with Gasteiger partial charge in [-0.2, -0.15) is 0 Å². The summed E-state index contributed by atoms with van der Waals surface area (Å²) in [5.74, 6) is 0. The molecular weight excluding hydrogens is 275 g/mol. The lowest BCUT2D eigenvalue weighted by Crippen LogP contribution is -2.30. The Bertz CT molecular complexity index is 337. The molecule has 0 spiro atoms. The molecule has 4 heteroatoms. The molecule has 1 aromatic rings. The largest absolute Gasteiger partial charge is 0.315 e. The van der Waals surface area contributed by atoms with Crippen LogP contribution in [0.3, 0.4) is 0 Å². The van der Waals surface area contributed by atoms with Gasteiger partial charge in [0.15, 0.2) is 0 Å². The number of hydrogen-bond donors (Lipinski definition) is 2. The van der Waals surface area contributed by atoms with Crippen molar-refractivity contribution in [1.82, 2.24) is 10.6 Å². The molecule has 1 saturated heterocycles. The van der Waals surface area contributed by atoms with E-state index >= 15 is 0 Å². The van der Waals surface area contributed by atoms with Gasteiger partial charge in [-0.3, -0.25) is 0 Å². The van der Waals surface area contributed by atoms with Gasteiger partial charge in [0, 0.05) is 28.6 Å². The maximum absolute atomic E-state index is 6.11. The fourth-order valence-corrected chi connectivity index (χ4v) is 2.35. The molecule has 2 rings (SSSR count). The van der Waals surface area contributed by atoms with Crippen LogP contribution < -0.4 is 10.6 Å². The molecule has 2 nitrogen and oxygen atoms in total. The topological polar surface area (TPSA) is 24.1 Å². The van der Waals surface area contributed by atoms with Crippen molar-refractivity contribution in [2.75, 3.05) is 13.1 Å². The van der Waals surface area contributed by atoms with Crippen molar-refractivity contribution < 1.29 is 0 Å². The van der Waals surface area contributed by atoms with E-state index in [0.717, 1.165) is 34.7 Å². The molecule has 1 aromatic carbocycles. The van der Waals surface area contributed by atoms with E-state index in [2.05, 4.69) is 32.6 Å². The third-order valence-corrected chi connectivity index (χ3v) is 3.51. The van der Waals surface area contributed by atoms with Gasteiger partial charge in [-0.05, 0) is 36.7 Å².